The zero-order valence-electron chi connectivity index (χ0n) is 17.3. The van der Waals surface area contributed by atoms with E-state index in [9.17, 15) is 9.59 Å². The van der Waals surface area contributed by atoms with Gasteiger partial charge in [0.15, 0.2) is 0 Å². The Bertz CT molecular complexity index is 847. The Morgan fingerprint density at radius 3 is 2.31 bits per heavy atom. The standard InChI is InChI=1S/C23H28BrClN2O2/c1-16(22(29)26-23(2,3)4)27(15-17-9-12-19(24)13-10-17)21(28)14-11-18-7-5-6-8-20(18)25/h5-10,12-13,16H,11,14-15H2,1-4H3,(H,26,29)/t16-/m0/s1. The fraction of sp³-hybridized carbons (Fsp3) is 0.391. The first kappa shape index (κ1) is 23.4. The molecule has 0 spiro atoms. The van der Waals surface area contributed by atoms with Crippen LogP contribution in [-0.4, -0.2) is 28.3 Å². The first-order valence-corrected chi connectivity index (χ1v) is 10.8. The summed E-state index contributed by atoms with van der Waals surface area (Å²) < 4.78 is 0.969. The Hall–Kier alpha value is -1.85. The van der Waals surface area contributed by atoms with Gasteiger partial charge in [0.1, 0.15) is 6.04 Å². The van der Waals surface area contributed by atoms with Crippen molar-refractivity contribution in [3.05, 3.63) is 69.2 Å². The van der Waals surface area contributed by atoms with E-state index >= 15 is 0 Å². The van der Waals surface area contributed by atoms with Crippen molar-refractivity contribution >= 4 is 39.3 Å². The summed E-state index contributed by atoms with van der Waals surface area (Å²) >= 11 is 9.65. The second kappa shape index (κ2) is 10.3. The third-order valence-electron chi connectivity index (χ3n) is 4.50. The molecule has 29 heavy (non-hydrogen) atoms. The molecule has 2 aromatic carbocycles. The van der Waals surface area contributed by atoms with E-state index in [0.717, 1.165) is 15.6 Å². The molecular weight excluding hydrogens is 452 g/mol. The van der Waals surface area contributed by atoms with Crippen LogP contribution >= 0.6 is 27.5 Å². The lowest BCUT2D eigenvalue weighted by Gasteiger charge is -2.31. The number of carbonyl (C=O) groups excluding carboxylic acids is 2. The first-order chi connectivity index (χ1) is 13.6. The van der Waals surface area contributed by atoms with E-state index in [1.165, 1.54) is 0 Å². The molecule has 1 N–H and O–H groups in total. The highest BCUT2D eigenvalue weighted by Gasteiger charge is 2.28. The average molecular weight is 480 g/mol. The van der Waals surface area contributed by atoms with Crippen LogP contribution in [0, 0.1) is 0 Å². The maximum atomic E-state index is 13.1. The molecule has 6 heteroatoms. The lowest BCUT2D eigenvalue weighted by atomic mass is 10.1. The molecule has 0 heterocycles. The Kier molecular flexibility index (Phi) is 8.29. The van der Waals surface area contributed by atoms with Crippen molar-refractivity contribution in [2.75, 3.05) is 0 Å². The molecule has 0 radical (unpaired) electrons. The SMILES string of the molecule is C[C@@H](C(=O)NC(C)(C)C)N(Cc1ccc(Br)cc1)C(=O)CCc1ccccc1Cl. The van der Waals surface area contributed by atoms with Gasteiger partial charge in [0.25, 0.3) is 0 Å². The van der Waals surface area contributed by atoms with Crippen LogP contribution in [-0.2, 0) is 22.6 Å². The summed E-state index contributed by atoms with van der Waals surface area (Å²) in [5.41, 5.74) is 1.53. The number of carbonyl (C=O) groups is 2. The summed E-state index contributed by atoms with van der Waals surface area (Å²) in [5.74, 6) is -0.245. The van der Waals surface area contributed by atoms with E-state index in [1.807, 2.05) is 69.3 Å². The van der Waals surface area contributed by atoms with Gasteiger partial charge in [-0.3, -0.25) is 9.59 Å². The van der Waals surface area contributed by atoms with Gasteiger partial charge < -0.3 is 10.2 Å². The van der Waals surface area contributed by atoms with Crippen LogP contribution in [0.3, 0.4) is 0 Å². The van der Waals surface area contributed by atoms with E-state index in [2.05, 4.69) is 21.2 Å². The minimum Gasteiger partial charge on any atom is -0.350 e. The predicted octanol–water partition coefficient (Wildman–Crippen LogP) is 5.37. The average Bonchev–Trinajstić information content (AvgIpc) is 2.64. The summed E-state index contributed by atoms with van der Waals surface area (Å²) in [7, 11) is 0. The first-order valence-electron chi connectivity index (χ1n) is 9.66. The number of amides is 2. The number of rotatable bonds is 7. The molecule has 2 aromatic rings. The highest BCUT2D eigenvalue weighted by atomic mass is 79.9. The predicted molar refractivity (Wildman–Crippen MR) is 122 cm³/mol. The molecule has 2 amide bonds. The second-order valence-corrected chi connectivity index (χ2v) is 9.48. The van der Waals surface area contributed by atoms with E-state index in [1.54, 1.807) is 11.8 Å². The van der Waals surface area contributed by atoms with Crippen LogP contribution in [0.15, 0.2) is 53.0 Å². The maximum Gasteiger partial charge on any atom is 0.242 e. The molecule has 0 aromatic heterocycles. The Balaban J connectivity index is 2.18. The molecule has 2 rings (SSSR count). The minimum atomic E-state index is -0.586. The van der Waals surface area contributed by atoms with Crippen molar-refractivity contribution in [1.29, 1.82) is 0 Å². The Morgan fingerprint density at radius 2 is 1.72 bits per heavy atom. The topological polar surface area (TPSA) is 49.4 Å². The number of hydrogen-bond acceptors (Lipinski definition) is 2. The summed E-state index contributed by atoms with van der Waals surface area (Å²) in [5, 5.41) is 3.62. The fourth-order valence-corrected chi connectivity index (χ4v) is 3.42. The van der Waals surface area contributed by atoms with Gasteiger partial charge in [0, 0.05) is 28.0 Å². The molecule has 156 valence electrons. The zero-order chi connectivity index (χ0) is 21.6. The van der Waals surface area contributed by atoms with Gasteiger partial charge in [-0.2, -0.15) is 0 Å². The maximum absolute atomic E-state index is 13.1. The van der Waals surface area contributed by atoms with Gasteiger partial charge >= 0.3 is 0 Å². The molecule has 0 unspecified atom stereocenters. The molecule has 1 atom stereocenters. The van der Waals surface area contributed by atoms with Gasteiger partial charge in [0.2, 0.25) is 11.8 Å². The second-order valence-electron chi connectivity index (χ2n) is 8.15. The van der Waals surface area contributed by atoms with Crippen molar-refractivity contribution in [1.82, 2.24) is 10.2 Å². The van der Waals surface area contributed by atoms with E-state index in [0.29, 0.717) is 18.0 Å². The quantitative estimate of drug-likeness (QED) is 0.580. The van der Waals surface area contributed by atoms with Gasteiger partial charge in [0.05, 0.1) is 0 Å². The molecule has 0 bridgehead atoms. The van der Waals surface area contributed by atoms with Gasteiger partial charge in [-0.25, -0.2) is 0 Å². The zero-order valence-corrected chi connectivity index (χ0v) is 19.7. The molecule has 0 aliphatic rings. The van der Waals surface area contributed by atoms with Crippen LogP contribution in [0.1, 0.15) is 45.2 Å². The number of aryl methyl sites for hydroxylation is 1. The van der Waals surface area contributed by atoms with Gasteiger partial charge in [-0.15, -0.1) is 0 Å². The van der Waals surface area contributed by atoms with Crippen molar-refractivity contribution in [2.45, 2.75) is 58.7 Å². The molecule has 0 saturated carbocycles. The number of halogens is 2. The van der Waals surface area contributed by atoms with Gasteiger partial charge in [-0.05, 0) is 63.4 Å². The number of nitrogens with zero attached hydrogens (tertiary/aromatic N) is 1. The smallest absolute Gasteiger partial charge is 0.242 e. The van der Waals surface area contributed by atoms with Gasteiger partial charge in [-0.1, -0.05) is 57.9 Å². The van der Waals surface area contributed by atoms with Crippen LogP contribution in [0.5, 0.6) is 0 Å². The summed E-state index contributed by atoms with van der Waals surface area (Å²) in [6.45, 7) is 7.92. The highest BCUT2D eigenvalue weighted by Crippen LogP contribution is 2.19. The van der Waals surface area contributed by atoms with Crippen LogP contribution < -0.4 is 5.32 Å². The minimum absolute atomic E-state index is 0.0793. The fourth-order valence-electron chi connectivity index (χ4n) is 2.93. The molecule has 0 fully saturated rings. The lowest BCUT2D eigenvalue weighted by molar-refractivity contribution is -0.141. The molecule has 0 aliphatic heterocycles. The third kappa shape index (κ3) is 7.48. The molecule has 0 aliphatic carbocycles. The van der Waals surface area contributed by atoms with E-state index < -0.39 is 6.04 Å². The molecule has 4 nitrogen and oxygen atoms in total. The van der Waals surface area contributed by atoms with Crippen molar-refractivity contribution in [3.63, 3.8) is 0 Å². The number of benzene rings is 2. The normalized spacial score (nSPS) is 12.3. The Labute approximate surface area is 186 Å². The van der Waals surface area contributed by atoms with Crippen LogP contribution in [0.2, 0.25) is 5.02 Å². The lowest BCUT2D eigenvalue weighted by Crippen LogP contribution is -2.52. The molecule has 0 saturated heterocycles. The molecular formula is C23H28BrClN2O2. The van der Waals surface area contributed by atoms with Crippen molar-refractivity contribution in [2.24, 2.45) is 0 Å². The highest BCUT2D eigenvalue weighted by molar-refractivity contribution is 9.10. The van der Waals surface area contributed by atoms with Crippen LogP contribution in [0.4, 0.5) is 0 Å². The number of hydrogen-bond donors (Lipinski definition) is 1. The largest absolute Gasteiger partial charge is 0.350 e. The third-order valence-corrected chi connectivity index (χ3v) is 5.40. The number of nitrogens with one attached hydrogen (secondary N) is 1. The van der Waals surface area contributed by atoms with Crippen molar-refractivity contribution in [3.8, 4) is 0 Å². The van der Waals surface area contributed by atoms with E-state index in [4.69, 9.17) is 11.6 Å². The van der Waals surface area contributed by atoms with Crippen LogP contribution in [0.25, 0.3) is 0 Å². The monoisotopic (exact) mass is 478 g/mol. The summed E-state index contributed by atoms with van der Waals surface area (Å²) in [6.07, 6.45) is 0.816. The summed E-state index contributed by atoms with van der Waals surface area (Å²) in [6, 6.07) is 14.7. The Morgan fingerprint density at radius 1 is 1.10 bits per heavy atom. The summed E-state index contributed by atoms with van der Waals surface area (Å²) in [4.78, 5) is 27.5. The van der Waals surface area contributed by atoms with Crippen molar-refractivity contribution < 1.29 is 9.59 Å². The van der Waals surface area contributed by atoms with E-state index in [-0.39, 0.29) is 23.8 Å².